The van der Waals surface area contributed by atoms with E-state index in [1.165, 1.54) is 6.07 Å². The van der Waals surface area contributed by atoms with Gasteiger partial charge in [-0.3, -0.25) is 0 Å². The Hall–Kier alpha value is -0.525. The Morgan fingerprint density at radius 1 is 1.09 bits per heavy atom. The molecule has 0 radical (unpaired) electrons. The highest BCUT2D eigenvalue weighted by Crippen LogP contribution is 2.45. The molecule has 0 aromatic heterocycles. The van der Waals surface area contributed by atoms with Crippen molar-refractivity contribution in [2.24, 2.45) is 0 Å². The highest BCUT2D eigenvalue weighted by molar-refractivity contribution is 9.10. The van der Waals surface area contributed by atoms with Crippen molar-refractivity contribution in [3.05, 3.63) is 27.7 Å². The highest BCUT2D eigenvalue weighted by atomic mass is 79.9. The van der Waals surface area contributed by atoms with E-state index in [1.807, 2.05) is 27.7 Å². The van der Waals surface area contributed by atoms with Crippen LogP contribution in [0.25, 0.3) is 0 Å². The molecule has 0 spiro atoms. The summed E-state index contributed by atoms with van der Waals surface area (Å²) >= 11 is 3.48. The lowest BCUT2D eigenvalue weighted by Gasteiger charge is -2.32. The first kappa shape index (κ1) is 17.3. The molecule has 1 aromatic carbocycles. The van der Waals surface area contributed by atoms with E-state index < -0.39 is 30.1 Å². The fourth-order valence-corrected chi connectivity index (χ4v) is 3.41. The van der Waals surface area contributed by atoms with Gasteiger partial charge < -0.3 is 9.31 Å². The van der Waals surface area contributed by atoms with Gasteiger partial charge in [0, 0.05) is 4.47 Å². The zero-order valence-corrected chi connectivity index (χ0v) is 15.1. The largest absolute Gasteiger partial charge is 0.496 e. The fourth-order valence-electron chi connectivity index (χ4n) is 2.67. The molecule has 1 aliphatic heterocycles. The minimum Gasteiger partial charge on any atom is -0.399 e. The van der Waals surface area contributed by atoms with E-state index in [1.54, 1.807) is 0 Å². The van der Waals surface area contributed by atoms with Gasteiger partial charge in [0.05, 0.1) is 16.8 Å². The summed E-state index contributed by atoms with van der Waals surface area (Å²) in [6, 6.07) is 2.38. The molecule has 3 rings (SSSR count). The van der Waals surface area contributed by atoms with Gasteiger partial charge in [-0.2, -0.15) is 13.2 Å². The van der Waals surface area contributed by atoms with Crippen molar-refractivity contribution in [1.29, 1.82) is 0 Å². The first-order valence-electron chi connectivity index (χ1n) is 7.68. The van der Waals surface area contributed by atoms with Gasteiger partial charge in [0.15, 0.2) is 0 Å². The number of benzene rings is 1. The van der Waals surface area contributed by atoms with Gasteiger partial charge in [-0.15, -0.1) is 0 Å². The van der Waals surface area contributed by atoms with Crippen LogP contribution in [-0.2, 0) is 15.5 Å². The maximum absolute atomic E-state index is 13.3. The Kier molecular flexibility index (Phi) is 3.94. The molecule has 1 heterocycles. The highest BCUT2D eigenvalue weighted by Gasteiger charge is 2.53. The third-order valence-electron chi connectivity index (χ3n) is 4.98. The predicted molar refractivity (Wildman–Crippen MR) is 86.8 cm³/mol. The molecule has 23 heavy (non-hydrogen) atoms. The molecule has 0 N–H and O–H groups in total. The Bertz CT molecular complexity index is 623. The summed E-state index contributed by atoms with van der Waals surface area (Å²) in [5.74, 6) is 0.188. The average molecular weight is 391 g/mol. The molecule has 0 amide bonds. The number of rotatable bonds is 2. The molecule has 2 fully saturated rings. The third-order valence-corrected chi connectivity index (χ3v) is 5.90. The van der Waals surface area contributed by atoms with Gasteiger partial charge in [0.2, 0.25) is 0 Å². The molecule has 0 bridgehead atoms. The van der Waals surface area contributed by atoms with E-state index >= 15 is 0 Å². The number of alkyl halides is 3. The van der Waals surface area contributed by atoms with Crippen LogP contribution in [0, 0.1) is 0 Å². The smallest absolute Gasteiger partial charge is 0.399 e. The molecular weight excluding hydrogens is 372 g/mol. The van der Waals surface area contributed by atoms with Crippen molar-refractivity contribution in [1.82, 2.24) is 0 Å². The molecule has 2 nitrogen and oxygen atoms in total. The lowest BCUT2D eigenvalue weighted by molar-refractivity contribution is -0.137. The van der Waals surface area contributed by atoms with Crippen LogP contribution < -0.4 is 5.46 Å². The van der Waals surface area contributed by atoms with Crippen molar-refractivity contribution in [2.75, 3.05) is 0 Å². The topological polar surface area (TPSA) is 18.5 Å². The van der Waals surface area contributed by atoms with E-state index in [9.17, 15) is 13.2 Å². The lowest BCUT2D eigenvalue weighted by atomic mass is 9.77. The standard InChI is InChI=1S/C16H19BBrF3O2/c1-14(2)15(3,4)23-17(22-14)12-8-10(16(19,20)21)7-11(13(12)18)9-5-6-9/h7-9H,5-6H2,1-4H3. The average Bonchev–Trinajstić information content (AvgIpc) is 3.16. The van der Waals surface area contributed by atoms with Crippen molar-refractivity contribution in [3.63, 3.8) is 0 Å². The van der Waals surface area contributed by atoms with Gasteiger partial charge in [-0.1, -0.05) is 15.9 Å². The predicted octanol–water partition coefficient (Wildman–Crippen LogP) is 4.64. The Labute approximate surface area is 143 Å². The summed E-state index contributed by atoms with van der Waals surface area (Å²) in [6.45, 7) is 7.54. The molecule has 126 valence electrons. The molecule has 7 heteroatoms. The molecule has 1 aromatic rings. The first-order chi connectivity index (χ1) is 10.4. The van der Waals surface area contributed by atoms with Crippen LogP contribution in [0.2, 0.25) is 0 Å². The summed E-state index contributed by atoms with van der Waals surface area (Å²) in [7, 11) is -0.811. The Balaban J connectivity index is 2.07. The summed E-state index contributed by atoms with van der Waals surface area (Å²) < 4.78 is 52.3. The van der Waals surface area contributed by atoms with Gasteiger partial charge in [0.1, 0.15) is 0 Å². The maximum atomic E-state index is 13.3. The minimum absolute atomic E-state index is 0.188. The van der Waals surface area contributed by atoms with Crippen LogP contribution >= 0.6 is 15.9 Å². The molecule has 2 aliphatic rings. The third kappa shape index (κ3) is 3.07. The number of hydrogen-bond acceptors (Lipinski definition) is 2. The zero-order valence-electron chi connectivity index (χ0n) is 13.6. The van der Waals surface area contributed by atoms with Gasteiger partial charge in [-0.25, -0.2) is 0 Å². The van der Waals surface area contributed by atoms with Crippen LogP contribution in [0.4, 0.5) is 13.2 Å². The summed E-state index contributed by atoms with van der Waals surface area (Å²) in [4.78, 5) is 0. The van der Waals surface area contributed by atoms with Crippen LogP contribution in [0.1, 0.15) is 57.6 Å². The fraction of sp³-hybridized carbons (Fsp3) is 0.625. The molecular formula is C16H19BBrF3O2. The summed E-state index contributed by atoms with van der Waals surface area (Å²) in [5.41, 5.74) is -0.715. The van der Waals surface area contributed by atoms with Gasteiger partial charge >= 0.3 is 13.3 Å². The van der Waals surface area contributed by atoms with Gasteiger partial charge in [0.25, 0.3) is 0 Å². The second-order valence-corrected chi connectivity index (χ2v) is 8.12. The summed E-state index contributed by atoms with van der Waals surface area (Å²) in [6.07, 6.45) is -2.55. The van der Waals surface area contributed by atoms with Crippen LogP contribution in [0.3, 0.4) is 0 Å². The first-order valence-corrected chi connectivity index (χ1v) is 8.48. The molecule has 1 saturated heterocycles. The van der Waals surface area contributed by atoms with Crippen LogP contribution in [-0.4, -0.2) is 18.3 Å². The second kappa shape index (κ2) is 5.23. The quantitative estimate of drug-likeness (QED) is 0.684. The van der Waals surface area contributed by atoms with E-state index in [0.717, 1.165) is 18.9 Å². The van der Waals surface area contributed by atoms with E-state index in [2.05, 4.69) is 15.9 Å². The van der Waals surface area contributed by atoms with Crippen molar-refractivity contribution in [3.8, 4) is 0 Å². The van der Waals surface area contributed by atoms with Crippen LogP contribution in [0.15, 0.2) is 16.6 Å². The van der Waals surface area contributed by atoms with Gasteiger partial charge in [-0.05, 0) is 69.6 Å². The van der Waals surface area contributed by atoms with Crippen LogP contribution in [0.5, 0.6) is 0 Å². The SMILES string of the molecule is CC1(C)OB(c2cc(C(F)(F)F)cc(C3CC3)c2Br)OC1(C)C. The van der Waals surface area contributed by atoms with Crippen molar-refractivity contribution >= 4 is 28.5 Å². The van der Waals surface area contributed by atoms with E-state index in [0.29, 0.717) is 15.5 Å². The Morgan fingerprint density at radius 3 is 2.04 bits per heavy atom. The van der Waals surface area contributed by atoms with E-state index in [-0.39, 0.29) is 5.92 Å². The second-order valence-electron chi connectivity index (χ2n) is 7.33. The maximum Gasteiger partial charge on any atom is 0.496 e. The molecule has 0 unspecified atom stereocenters. The van der Waals surface area contributed by atoms with Crippen molar-refractivity contribution < 1.29 is 22.5 Å². The number of hydrogen-bond donors (Lipinski definition) is 0. The monoisotopic (exact) mass is 390 g/mol. The van der Waals surface area contributed by atoms with Crippen molar-refractivity contribution in [2.45, 2.75) is 63.8 Å². The summed E-state index contributed by atoms with van der Waals surface area (Å²) in [5, 5.41) is 0. The normalized spacial score (nSPS) is 23.4. The number of halogens is 4. The van der Waals surface area contributed by atoms with E-state index in [4.69, 9.17) is 9.31 Å². The zero-order chi connectivity index (χ0) is 17.2. The lowest BCUT2D eigenvalue weighted by Crippen LogP contribution is -2.41. The molecule has 1 saturated carbocycles. The Morgan fingerprint density at radius 2 is 1.61 bits per heavy atom. The molecule has 0 atom stereocenters. The minimum atomic E-state index is -4.39. The molecule has 1 aliphatic carbocycles.